The van der Waals surface area contributed by atoms with Crippen LogP contribution >= 0.6 is 11.3 Å². The SMILES string of the molecule is CCNC(=NCC1(O)CCCCC1)N(C)Cc1csc(C)n1. The predicted molar refractivity (Wildman–Crippen MR) is 92.3 cm³/mol. The fourth-order valence-corrected chi connectivity index (χ4v) is 3.46. The maximum absolute atomic E-state index is 10.6. The second-order valence-electron chi connectivity index (χ2n) is 6.17. The largest absolute Gasteiger partial charge is 0.388 e. The van der Waals surface area contributed by atoms with Gasteiger partial charge in [0, 0.05) is 19.0 Å². The van der Waals surface area contributed by atoms with E-state index in [9.17, 15) is 5.11 Å². The lowest BCUT2D eigenvalue weighted by Gasteiger charge is -2.31. The van der Waals surface area contributed by atoms with Crippen LogP contribution in [-0.4, -0.2) is 46.7 Å². The highest BCUT2D eigenvalue weighted by Crippen LogP contribution is 2.28. The fraction of sp³-hybridized carbons (Fsp3) is 0.750. The Labute approximate surface area is 137 Å². The Morgan fingerprint density at radius 3 is 2.77 bits per heavy atom. The van der Waals surface area contributed by atoms with Crippen LogP contribution < -0.4 is 5.32 Å². The summed E-state index contributed by atoms with van der Waals surface area (Å²) < 4.78 is 0. The van der Waals surface area contributed by atoms with E-state index in [1.54, 1.807) is 11.3 Å². The van der Waals surface area contributed by atoms with E-state index in [0.29, 0.717) is 6.54 Å². The standard InChI is InChI=1S/C16H28N4OS/c1-4-17-15(18-12-16(21)8-6-5-7-9-16)20(3)10-14-11-22-13(2)19-14/h11,21H,4-10,12H2,1-3H3,(H,17,18). The van der Waals surface area contributed by atoms with E-state index in [2.05, 4.69) is 32.5 Å². The third kappa shape index (κ3) is 4.95. The van der Waals surface area contributed by atoms with Gasteiger partial charge in [-0.2, -0.15) is 0 Å². The van der Waals surface area contributed by atoms with Crippen molar-refractivity contribution in [3.63, 3.8) is 0 Å². The number of aryl methyl sites for hydroxylation is 1. The van der Waals surface area contributed by atoms with Crippen LogP contribution in [-0.2, 0) is 6.54 Å². The van der Waals surface area contributed by atoms with Crippen molar-refractivity contribution in [2.45, 2.75) is 58.1 Å². The second-order valence-corrected chi connectivity index (χ2v) is 7.23. The van der Waals surface area contributed by atoms with Gasteiger partial charge in [0.1, 0.15) is 0 Å². The molecule has 1 aromatic heterocycles. The van der Waals surface area contributed by atoms with Gasteiger partial charge < -0.3 is 15.3 Å². The zero-order valence-electron chi connectivity index (χ0n) is 13.9. The first kappa shape index (κ1) is 17.2. The van der Waals surface area contributed by atoms with E-state index < -0.39 is 5.60 Å². The van der Waals surface area contributed by atoms with Crippen molar-refractivity contribution in [1.82, 2.24) is 15.2 Å². The molecule has 124 valence electrons. The zero-order valence-corrected chi connectivity index (χ0v) is 14.7. The maximum Gasteiger partial charge on any atom is 0.194 e. The third-order valence-corrected chi connectivity index (χ3v) is 4.89. The van der Waals surface area contributed by atoms with Gasteiger partial charge in [0.25, 0.3) is 0 Å². The van der Waals surface area contributed by atoms with Crippen molar-refractivity contribution in [3.05, 3.63) is 16.1 Å². The molecule has 0 atom stereocenters. The summed E-state index contributed by atoms with van der Waals surface area (Å²) in [7, 11) is 2.01. The van der Waals surface area contributed by atoms with Gasteiger partial charge in [0.15, 0.2) is 5.96 Å². The molecule has 0 bridgehead atoms. The summed E-state index contributed by atoms with van der Waals surface area (Å²) in [5, 5.41) is 17.1. The van der Waals surface area contributed by atoms with E-state index in [-0.39, 0.29) is 0 Å². The molecule has 5 nitrogen and oxygen atoms in total. The number of hydrogen-bond acceptors (Lipinski definition) is 4. The van der Waals surface area contributed by atoms with Crippen LogP contribution in [0.2, 0.25) is 0 Å². The molecule has 1 aliphatic carbocycles. The Kier molecular flexibility index (Phi) is 6.20. The van der Waals surface area contributed by atoms with Gasteiger partial charge in [0.05, 0.1) is 29.4 Å². The lowest BCUT2D eigenvalue weighted by atomic mass is 9.85. The summed E-state index contributed by atoms with van der Waals surface area (Å²) >= 11 is 1.67. The maximum atomic E-state index is 10.6. The highest BCUT2D eigenvalue weighted by Gasteiger charge is 2.29. The van der Waals surface area contributed by atoms with Crippen molar-refractivity contribution in [2.24, 2.45) is 4.99 Å². The van der Waals surface area contributed by atoms with Gasteiger partial charge >= 0.3 is 0 Å². The number of hydrogen-bond donors (Lipinski definition) is 2. The van der Waals surface area contributed by atoms with Crippen molar-refractivity contribution >= 4 is 17.3 Å². The molecule has 1 aliphatic rings. The van der Waals surface area contributed by atoms with Crippen LogP contribution in [0.5, 0.6) is 0 Å². The summed E-state index contributed by atoms with van der Waals surface area (Å²) in [5.74, 6) is 0.840. The highest BCUT2D eigenvalue weighted by atomic mass is 32.1. The van der Waals surface area contributed by atoms with E-state index >= 15 is 0 Å². The number of aliphatic imine (C=N–C) groups is 1. The van der Waals surface area contributed by atoms with Gasteiger partial charge in [-0.25, -0.2) is 4.98 Å². The quantitative estimate of drug-likeness (QED) is 0.645. The smallest absolute Gasteiger partial charge is 0.194 e. The van der Waals surface area contributed by atoms with Gasteiger partial charge in [0.2, 0.25) is 0 Å². The molecule has 0 radical (unpaired) electrons. The number of rotatable bonds is 5. The molecule has 1 aromatic rings. The Morgan fingerprint density at radius 2 is 2.18 bits per heavy atom. The van der Waals surface area contributed by atoms with Crippen LogP contribution in [0.25, 0.3) is 0 Å². The molecule has 2 N–H and O–H groups in total. The highest BCUT2D eigenvalue weighted by molar-refractivity contribution is 7.09. The van der Waals surface area contributed by atoms with E-state index in [0.717, 1.165) is 55.4 Å². The molecular formula is C16H28N4OS. The lowest BCUT2D eigenvalue weighted by molar-refractivity contribution is 0.0130. The summed E-state index contributed by atoms with van der Waals surface area (Å²) in [6.07, 6.45) is 5.18. The molecule has 0 spiro atoms. The lowest BCUT2D eigenvalue weighted by Crippen LogP contribution is -2.41. The molecule has 22 heavy (non-hydrogen) atoms. The summed E-state index contributed by atoms with van der Waals surface area (Å²) in [5.41, 5.74) is 0.448. The number of nitrogens with one attached hydrogen (secondary N) is 1. The Morgan fingerprint density at radius 1 is 1.45 bits per heavy atom. The molecule has 0 amide bonds. The first-order chi connectivity index (χ1) is 10.5. The van der Waals surface area contributed by atoms with Crippen LogP contribution in [0.3, 0.4) is 0 Å². The van der Waals surface area contributed by atoms with Crippen molar-refractivity contribution in [2.75, 3.05) is 20.1 Å². The average molecular weight is 324 g/mol. The average Bonchev–Trinajstić information content (AvgIpc) is 2.89. The predicted octanol–water partition coefficient (Wildman–Crippen LogP) is 2.54. The third-order valence-electron chi connectivity index (χ3n) is 4.07. The number of aliphatic hydroxyl groups is 1. The molecule has 6 heteroatoms. The van der Waals surface area contributed by atoms with E-state index in [1.165, 1.54) is 6.42 Å². The second kappa shape index (κ2) is 7.92. The summed E-state index contributed by atoms with van der Waals surface area (Å²) in [4.78, 5) is 11.2. The van der Waals surface area contributed by atoms with Crippen LogP contribution in [0, 0.1) is 6.92 Å². The minimum absolute atomic E-state index is 0.482. The first-order valence-electron chi connectivity index (χ1n) is 8.15. The molecule has 1 heterocycles. The number of guanidine groups is 1. The van der Waals surface area contributed by atoms with E-state index in [1.807, 2.05) is 14.0 Å². The van der Waals surface area contributed by atoms with E-state index in [4.69, 9.17) is 0 Å². The van der Waals surface area contributed by atoms with Gasteiger partial charge in [-0.1, -0.05) is 19.3 Å². The summed E-state index contributed by atoms with van der Waals surface area (Å²) in [6.45, 7) is 6.11. The molecule has 0 aromatic carbocycles. The molecule has 0 aliphatic heterocycles. The normalized spacial score (nSPS) is 18.3. The minimum Gasteiger partial charge on any atom is -0.388 e. The Bertz CT molecular complexity index is 494. The molecule has 1 fully saturated rings. The topological polar surface area (TPSA) is 60.8 Å². The van der Waals surface area contributed by atoms with Crippen LogP contribution in [0.15, 0.2) is 10.4 Å². The number of nitrogens with zero attached hydrogens (tertiary/aromatic N) is 3. The zero-order chi connectivity index (χ0) is 16.0. The number of thiazole rings is 1. The van der Waals surface area contributed by atoms with Gasteiger partial charge in [-0.3, -0.25) is 4.99 Å². The Balaban J connectivity index is 1.99. The molecule has 0 unspecified atom stereocenters. The monoisotopic (exact) mass is 324 g/mol. The van der Waals surface area contributed by atoms with Crippen molar-refractivity contribution < 1.29 is 5.11 Å². The molecule has 1 saturated carbocycles. The fourth-order valence-electron chi connectivity index (χ4n) is 2.86. The van der Waals surface area contributed by atoms with Crippen LogP contribution in [0.4, 0.5) is 0 Å². The molecule has 0 saturated heterocycles. The first-order valence-corrected chi connectivity index (χ1v) is 9.03. The van der Waals surface area contributed by atoms with Crippen molar-refractivity contribution in [1.29, 1.82) is 0 Å². The van der Waals surface area contributed by atoms with Gasteiger partial charge in [-0.15, -0.1) is 11.3 Å². The van der Waals surface area contributed by atoms with Gasteiger partial charge in [-0.05, 0) is 26.7 Å². The molecule has 2 rings (SSSR count). The molecular weight excluding hydrogens is 296 g/mol. The number of aromatic nitrogens is 1. The summed E-state index contributed by atoms with van der Waals surface area (Å²) in [6, 6.07) is 0. The Hall–Kier alpha value is -1.14. The minimum atomic E-state index is -0.614. The van der Waals surface area contributed by atoms with Crippen molar-refractivity contribution in [3.8, 4) is 0 Å². The van der Waals surface area contributed by atoms with Crippen LogP contribution in [0.1, 0.15) is 49.7 Å².